The second-order valence-corrected chi connectivity index (χ2v) is 12.6. The third-order valence-electron chi connectivity index (χ3n) is 6.37. The van der Waals surface area contributed by atoms with Crippen molar-refractivity contribution in [2.24, 2.45) is 11.8 Å². The summed E-state index contributed by atoms with van der Waals surface area (Å²) in [6, 6.07) is 7.74. The van der Waals surface area contributed by atoms with Crippen molar-refractivity contribution in [2.45, 2.75) is 96.6 Å². The Labute approximate surface area is 205 Å². The highest BCUT2D eigenvalue weighted by Gasteiger charge is 2.30. The van der Waals surface area contributed by atoms with Crippen molar-refractivity contribution < 1.29 is 13.2 Å². The van der Waals surface area contributed by atoms with Crippen LogP contribution >= 0.6 is 0 Å². The molecular formula is C27H41N3O3S. The zero-order valence-electron chi connectivity index (χ0n) is 21.5. The standard InChI is InChI=1S/C27H41N3O3S/c1-20(2)14-26(31)29(17-21(3)4)18-25-16-28-27(30(25)24-12-7-6-8-13-24)34(32,33)19-23-11-9-10-22(5)15-23/h9-11,15-16,20-21,24H,6-8,12-14,17-19H2,1-5H3. The Balaban J connectivity index is 1.98. The van der Waals surface area contributed by atoms with Gasteiger partial charge in [0.2, 0.25) is 20.9 Å². The van der Waals surface area contributed by atoms with Gasteiger partial charge >= 0.3 is 0 Å². The van der Waals surface area contributed by atoms with Gasteiger partial charge in [-0.15, -0.1) is 0 Å². The molecule has 0 bridgehead atoms. The van der Waals surface area contributed by atoms with E-state index in [1.807, 2.05) is 54.5 Å². The fourth-order valence-corrected chi connectivity index (χ4v) is 6.44. The number of carbonyl (C=O) groups is 1. The fourth-order valence-electron chi connectivity index (χ4n) is 4.91. The molecule has 1 aliphatic carbocycles. The highest BCUT2D eigenvalue weighted by Crippen LogP contribution is 2.33. The van der Waals surface area contributed by atoms with Crippen LogP contribution in [-0.4, -0.2) is 35.3 Å². The van der Waals surface area contributed by atoms with Crippen LogP contribution in [0.25, 0.3) is 0 Å². The van der Waals surface area contributed by atoms with Crippen LogP contribution in [0, 0.1) is 18.8 Å². The van der Waals surface area contributed by atoms with Crippen LogP contribution in [-0.2, 0) is 26.9 Å². The summed E-state index contributed by atoms with van der Waals surface area (Å²) in [5, 5.41) is 0.150. The minimum absolute atomic E-state index is 0.0696. The van der Waals surface area contributed by atoms with E-state index in [-0.39, 0.29) is 28.8 Å². The lowest BCUT2D eigenvalue weighted by atomic mass is 9.95. The summed E-state index contributed by atoms with van der Waals surface area (Å²) in [4.78, 5) is 19.4. The SMILES string of the molecule is Cc1cccc(CS(=O)(=O)c2ncc(CN(CC(C)C)C(=O)CC(C)C)n2C2CCCCC2)c1. The first-order valence-electron chi connectivity index (χ1n) is 12.7. The van der Waals surface area contributed by atoms with E-state index >= 15 is 0 Å². The molecule has 0 radical (unpaired) electrons. The third-order valence-corrected chi connectivity index (χ3v) is 7.94. The monoisotopic (exact) mass is 487 g/mol. The number of nitrogens with zero attached hydrogens (tertiary/aromatic N) is 3. The molecule has 1 aromatic carbocycles. The highest BCUT2D eigenvalue weighted by atomic mass is 32.2. The Morgan fingerprint density at radius 2 is 1.82 bits per heavy atom. The van der Waals surface area contributed by atoms with Crippen LogP contribution in [0.15, 0.2) is 35.6 Å². The first-order valence-corrected chi connectivity index (χ1v) is 14.3. The van der Waals surface area contributed by atoms with Crippen molar-refractivity contribution in [1.82, 2.24) is 14.5 Å². The Hall–Kier alpha value is -2.15. The lowest BCUT2D eigenvalue weighted by molar-refractivity contribution is -0.133. The van der Waals surface area contributed by atoms with Crippen molar-refractivity contribution in [3.8, 4) is 0 Å². The first kappa shape index (κ1) is 26.5. The molecule has 0 atom stereocenters. The number of carbonyl (C=O) groups excluding carboxylic acids is 1. The van der Waals surface area contributed by atoms with Gasteiger partial charge < -0.3 is 9.47 Å². The molecule has 1 aromatic heterocycles. The topological polar surface area (TPSA) is 72.3 Å². The first-order chi connectivity index (χ1) is 16.1. The van der Waals surface area contributed by atoms with Gasteiger partial charge in [-0.05, 0) is 37.2 Å². The van der Waals surface area contributed by atoms with Crippen LogP contribution in [0.1, 0.15) is 89.1 Å². The highest BCUT2D eigenvalue weighted by molar-refractivity contribution is 7.90. The average Bonchev–Trinajstić information content (AvgIpc) is 3.17. The molecule has 0 unspecified atom stereocenters. The summed E-state index contributed by atoms with van der Waals surface area (Å²) in [6.07, 6.45) is 7.42. The number of imidazole rings is 1. The minimum atomic E-state index is -3.64. The molecule has 0 N–H and O–H groups in total. The number of rotatable bonds is 10. The maximum Gasteiger partial charge on any atom is 0.228 e. The Bertz CT molecular complexity index is 1070. The zero-order chi connectivity index (χ0) is 24.9. The van der Waals surface area contributed by atoms with Gasteiger partial charge in [-0.2, -0.15) is 0 Å². The van der Waals surface area contributed by atoms with E-state index in [4.69, 9.17) is 0 Å². The van der Waals surface area contributed by atoms with Gasteiger partial charge in [0, 0.05) is 19.0 Å². The molecular weight excluding hydrogens is 446 g/mol. The summed E-state index contributed by atoms with van der Waals surface area (Å²) in [6.45, 7) is 11.3. The van der Waals surface area contributed by atoms with E-state index in [9.17, 15) is 13.2 Å². The van der Waals surface area contributed by atoms with Crippen molar-refractivity contribution >= 4 is 15.7 Å². The van der Waals surface area contributed by atoms with Crippen LogP contribution in [0.3, 0.4) is 0 Å². The van der Waals surface area contributed by atoms with Crippen molar-refractivity contribution in [1.29, 1.82) is 0 Å². The predicted octanol–water partition coefficient (Wildman–Crippen LogP) is 5.70. The molecule has 0 spiro atoms. The Morgan fingerprint density at radius 1 is 1.12 bits per heavy atom. The Morgan fingerprint density at radius 3 is 2.44 bits per heavy atom. The van der Waals surface area contributed by atoms with Crippen molar-refractivity contribution in [3.05, 3.63) is 47.3 Å². The number of aryl methyl sites for hydroxylation is 1. The molecule has 3 rings (SSSR count). The number of amides is 1. The van der Waals surface area contributed by atoms with Crippen LogP contribution in [0.4, 0.5) is 0 Å². The molecule has 34 heavy (non-hydrogen) atoms. The molecule has 1 aliphatic rings. The second-order valence-electron chi connectivity index (χ2n) is 10.7. The fraction of sp³-hybridized carbons (Fsp3) is 0.630. The van der Waals surface area contributed by atoms with E-state index in [0.29, 0.717) is 25.4 Å². The summed E-state index contributed by atoms with van der Waals surface area (Å²) in [7, 11) is -3.64. The molecule has 1 amide bonds. The van der Waals surface area contributed by atoms with E-state index in [0.717, 1.165) is 42.5 Å². The normalized spacial score (nSPS) is 15.3. The van der Waals surface area contributed by atoms with E-state index in [1.54, 1.807) is 6.20 Å². The van der Waals surface area contributed by atoms with Gasteiger partial charge in [0.15, 0.2) is 0 Å². The van der Waals surface area contributed by atoms with E-state index in [2.05, 4.69) is 18.8 Å². The molecule has 2 aromatic rings. The molecule has 6 nitrogen and oxygen atoms in total. The number of aromatic nitrogens is 2. The number of benzene rings is 1. The summed E-state index contributed by atoms with van der Waals surface area (Å²) in [5.41, 5.74) is 2.64. The molecule has 188 valence electrons. The lowest BCUT2D eigenvalue weighted by Crippen LogP contribution is -2.35. The van der Waals surface area contributed by atoms with Gasteiger partial charge in [-0.1, -0.05) is 76.8 Å². The maximum atomic E-state index is 13.6. The molecule has 1 heterocycles. The van der Waals surface area contributed by atoms with Crippen LogP contribution < -0.4 is 0 Å². The largest absolute Gasteiger partial charge is 0.337 e. The number of hydrogen-bond donors (Lipinski definition) is 0. The lowest BCUT2D eigenvalue weighted by Gasteiger charge is -2.30. The molecule has 0 saturated heterocycles. The van der Waals surface area contributed by atoms with Crippen molar-refractivity contribution in [3.63, 3.8) is 0 Å². The molecule has 1 fully saturated rings. The van der Waals surface area contributed by atoms with E-state index in [1.165, 1.54) is 6.42 Å². The van der Waals surface area contributed by atoms with Gasteiger partial charge in [0.1, 0.15) is 0 Å². The maximum absolute atomic E-state index is 13.6. The summed E-state index contributed by atoms with van der Waals surface area (Å²) in [5.74, 6) is 0.645. The summed E-state index contributed by atoms with van der Waals surface area (Å²) < 4.78 is 29.1. The van der Waals surface area contributed by atoms with Gasteiger partial charge in [0.25, 0.3) is 0 Å². The predicted molar refractivity (Wildman–Crippen MR) is 136 cm³/mol. The zero-order valence-corrected chi connectivity index (χ0v) is 22.3. The van der Waals surface area contributed by atoms with Gasteiger partial charge in [0.05, 0.1) is 24.2 Å². The summed E-state index contributed by atoms with van der Waals surface area (Å²) >= 11 is 0. The van der Waals surface area contributed by atoms with Crippen molar-refractivity contribution in [2.75, 3.05) is 6.54 Å². The van der Waals surface area contributed by atoms with Crippen LogP contribution in [0.2, 0.25) is 0 Å². The number of sulfone groups is 1. The third kappa shape index (κ3) is 6.94. The number of hydrogen-bond acceptors (Lipinski definition) is 4. The average molecular weight is 488 g/mol. The molecule has 0 aliphatic heterocycles. The molecule has 1 saturated carbocycles. The van der Waals surface area contributed by atoms with E-state index < -0.39 is 9.84 Å². The quantitative estimate of drug-likeness (QED) is 0.431. The molecule has 7 heteroatoms. The van der Waals surface area contributed by atoms with Gasteiger partial charge in [-0.3, -0.25) is 4.79 Å². The Kier molecular flexibility index (Phi) is 8.96. The second kappa shape index (κ2) is 11.5. The smallest absolute Gasteiger partial charge is 0.228 e. The minimum Gasteiger partial charge on any atom is -0.337 e. The van der Waals surface area contributed by atoms with Crippen LogP contribution in [0.5, 0.6) is 0 Å². The van der Waals surface area contributed by atoms with Gasteiger partial charge in [-0.25, -0.2) is 13.4 Å².